The highest BCUT2D eigenvalue weighted by Gasteiger charge is 2.23. The summed E-state index contributed by atoms with van der Waals surface area (Å²) >= 11 is 0. The second-order valence-corrected chi connectivity index (χ2v) is 6.20. The van der Waals surface area contributed by atoms with E-state index in [-0.39, 0.29) is 5.91 Å². The summed E-state index contributed by atoms with van der Waals surface area (Å²) in [5.74, 6) is 0.226. The smallest absolute Gasteiger partial charge is 0.221 e. The van der Waals surface area contributed by atoms with E-state index in [1.54, 1.807) is 0 Å². The molecule has 1 heterocycles. The number of benzene rings is 1. The Labute approximate surface area is 127 Å². The Hall–Kier alpha value is -1.39. The van der Waals surface area contributed by atoms with Crippen LogP contribution in [0, 0.1) is 0 Å². The van der Waals surface area contributed by atoms with Crippen molar-refractivity contribution in [1.82, 2.24) is 15.1 Å². The number of amides is 1. The first-order valence-corrected chi connectivity index (χ1v) is 8.07. The summed E-state index contributed by atoms with van der Waals surface area (Å²) in [4.78, 5) is 16.6. The molecule has 1 aliphatic carbocycles. The molecule has 0 atom stereocenters. The number of nitrogens with one attached hydrogen (secondary N) is 1. The van der Waals surface area contributed by atoms with Gasteiger partial charge in [0.1, 0.15) is 0 Å². The highest BCUT2D eigenvalue weighted by atomic mass is 16.1. The summed E-state index contributed by atoms with van der Waals surface area (Å²) in [6, 6.07) is 11.1. The van der Waals surface area contributed by atoms with Gasteiger partial charge in [0.05, 0.1) is 0 Å². The van der Waals surface area contributed by atoms with Crippen LogP contribution in [-0.4, -0.2) is 54.5 Å². The van der Waals surface area contributed by atoms with Crippen molar-refractivity contribution in [3.05, 3.63) is 35.9 Å². The van der Waals surface area contributed by atoms with Crippen molar-refractivity contribution >= 4 is 5.91 Å². The molecule has 0 unspecified atom stereocenters. The zero-order valence-corrected chi connectivity index (χ0v) is 12.6. The van der Waals surface area contributed by atoms with Gasteiger partial charge in [-0.3, -0.25) is 9.69 Å². The standard InChI is InChI=1S/C17H25N3O/c21-17(18-16-6-7-16)8-9-19-10-12-20(13-11-19)14-15-4-2-1-3-5-15/h1-5,16H,6-14H2,(H,18,21). The molecule has 0 aromatic heterocycles. The van der Waals surface area contributed by atoms with Crippen LogP contribution >= 0.6 is 0 Å². The van der Waals surface area contributed by atoms with Gasteiger partial charge < -0.3 is 10.2 Å². The number of carbonyl (C=O) groups is 1. The number of rotatable bonds is 6. The van der Waals surface area contributed by atoms with E-state index >= 15 is 0 Å². The zero-order valence-electron chi connectivity index (χ0n) is 12.6. The summed E-state index contributed by atoms with van der Waals surface area (Å²) in [7, 11) is 0. The second-order valence-electron chi connectivity index (χ2n) is 6.20. The molecule has 3 rings (SSSR count). The summed E-state index contributed by atoms with van der Waals surface area (Å²) in [5.41, 5.74) is 1.38. The summed E-state index contributed by atoms with van der Waals surface area (Å²) in [6.45, 7) is 6.28. The number of piperazine rings is 1. The quantitative estimate of drug-likeness (QED) is 0.861. The van der Waals surface area contributed by atoms with Crippen molar-refractivity contribution in [3.8, 4) is 0 Å². The molecule has 114 valence electrons. The Kier molecular flexibility index (Phi) is 4.88. The molecular formula is C17H25N3O. The van der Waals surface area contributed by atoms with E-state index in [2.05, 4.69) is 45.4 Å². The fourth-order valence-electron chi connectivity index (χ4n) is 2.80. The lowest BCUT2D eigenvalue weighted by molar-refractivity contribution is -0.121. The molecule has 1 saturated heterocycles. The molecule has 2 aliphatic rings. The highest BCUT2D eigenvalue weighted by Crippen LogP contribution is 2.18. The third-order valence-corrected chi connectivity index (χ3v) is 4.31. The van der Waals surface area contributed by atoms with Crippen LogP contribution in [0.2, 0.25) is 0 Å². The van der Waals surface area contributed by atoms with Gasteiger partial charge in [0.25, 0.3) is 0 Å². The van der Waals surface area contributed by atoms with Crippen LogP contribution in [0.4, 0.5) is 0 Å². The molecule has 1 amide bonds. The molecular weight excluding hydrogens is 262 g/mol. The van der Waals surface area contributed by atoms with Gasteiger partial charge in [-0.05, 0) is 18.4 Å². The number of hydrogen-bond donors (Lipinski definition) is 1. The Morgan fingerprint density at radius 1 is 1.05 bits per heavy atom. The van der Waals surface area contributed by atoms with Crippen LogP contribution in [0.25, 0.3) is 0 Å². The van der Waals surface area contributed by atoms with Crippen molar-refractivity contribution in [3.63, 3.8) is 0 Å². The molecule has 0 spiro atoms. The fraction of sp³-hybridized carbons (Fsp3) is 0.588. The third-order valence-electron chi connectivity index (χ3n) is 4.31. The zero-order chi connectivity index (χ0) is 14.5. The maximum absolute atomic E-state index is 11.7. The lowest BCUT2D eigenvalue weighted by Gasteiger charge is -2.34. The molecule has 1 aromatic rings. The van der Waals surface area contributed by atoms with Crippen LogP contribution in [-0.2, 0) is 11.3 Å². The van der Waals surface area contributed by atoms with E-state index in [4.69, 9.17) is 0 Å². The van der Waals surface area contributed by atoms with E-state index in [9.17, 15) is 4.79 Å². The van der Waals surface area contributed by atoms with Crippen molar-refractivity contribution in [1.29, 1.82) is 0 Å². The van der Waals surface area contributed by atoms with E-state index in [1.165, 1.54) is 18.4 Å². The van der Waals surface area contributed by atoms with Crippen LogP contribution in [0.3, 0.4) is 0 Å². The highest BCUT2D eigenvalue weighted by molar-refractivity contribution is 5.76. The Bertz CT molecular complexity index is 450. The van der Waals surface area contributed by atoms with E-state index in [0.29, 0.717) is 12.5 Å². The first kappa shape index (κ1) is 14.5. The molecule has 1 aliphatic heterocycles. The molecule has 4 nitrogen and oxygen atoms in total. The van der Waals surface area contributed by atoms with Crippen LogP contribution < -0.4 is 5.32 Å². The number of carbonyl (C=O) groups excluding carboxylic acids is 1. The van der Waals surface area contributed by atoms with Gasteiger partial charge in [0, 0.05) is 51.7 Å². The molecule has 21 heavy (non-hydrogen) atoms. The largest absolute Gasteiger partial charge is 0.353 e. The number of hydrogen-bond acceptors (Lipinski definition) is 3. The van der Waals surface area contributed by atoms with Crippen LogP contribution in [0.15, 0.2) is 30.3 Å². The predicted molar refractivity (Wildman–Crippen MR) is 83.9 cm³/mol. The topological polar surface area (TPSA) is 35.6 Å². The minimum absolute atomic E-state index is 0.226. The monoisotopic (exact) mass is 287 g/mol. The summed E-state index contributed by atoms with van der Waals surface area (Å²) in [6.07, 6.45) is 2.99. The molecule has 0 bridgehead atoms. The first-order valence-electron chi connectivity index (χ1n) is 8.07. The van der Waals surface area contributed by atoms with Crippen molar-refractivity contribution in [2.75, 3.05) is 32.7 Å². The van der Waals surface area contributed by atoms with E-state index in [0.717, 1.165) is 39.3 Å². The van der Waals surface area contributed by atoms with Crippen molar-refractivity contribution < 1.29 is 4.79 Å². The average molecular weight is 287 g/mol. The summed E-state index contributed by atoms with van der Waals surface area (Å²) < 4.78 is 0. The van der Waals surface area contributed by atoms with Crippen molar-refractivity contribution in [2.45, 2.75) is 31.8 Å². The predicted octanol–water partition coefficient (Wildman–Crippen LogP) is 1.47. The van der Waals surface area contributed by atoms with Gasteiger partial charge in [0.2, 0.25) is 5.91 Å². The summed E-state index contributed by atoms with van der Waals surface area (Å²) in [5, 5.41) is 3.06. The van der Waals surface area contributed by atoms with Crippen molar-refractivity contribution in [2.24, 2.45) is 0 Å². The maximum Gasteiger partial charge on any atom is 0.221 e. The van der Waals surface area contributed by atoms with Gasteiger partial charge in [0.15, 0.2) is 0 Å². The SMILES string of the molecule is O=C(CCN1CCN(Cc2ccccc2)CC1)NC1CC1. The molecule has 0 radical (unpaired) electrons. The molecule has 4 heteroatoms. The Balaban J connectivity index is 1.33. The Morgan fingerprint density at radius 2 is 1.71 bits per heavy atom. The first-order chi connectivity index (χ1) is 10.3. The Morgan fingerprint density at radius 3 is 2.38 bits per heavy atom. The van der Waals surface area contributed by atoms with Gasteiger partial charge in [-0.2, -0.15) is 0 Å². The lowest BCUT2D eigenvalue weighted by atomic mass is 10.2. The lowest BCUT2D eigenvalue weighted by Crippen LogP contribution is -2.46. The van der Waals surface area contributed by atoms with E-state index in [1.807, 2.05) is 0 Å². The molecule has 2 fully saturated rings. The van der Waals surface area contributed by atoms with E-state index < -0.39 is 0 Å². The normalized spacial score (nSPS) is 20.4. The molecule has 1 saturated carbocycles. The third kappa shape index (κ3) is 4.83. The van der Waals surface area contributed by atoms with Crippen LogP contribution in [0.5, 0.6) is 0 Å². The fourth-order valence-corrected chi connectivity index (χ4v) is 2.80. The molecule has 1 N–H and O–H groups in total. The van der Waals surface area contributed by atoms with Crippen LogP contribution in [0.1, 0.15) is 24.8 Å². The second kappa shape index (κ2) is 7.05. The number of nitrogens with zero attached hydrogens (tertiary/aromatic N) is 2. The molecule has 1 aromatic carbocycles. The van der Waals surface area contributed by atoms with Gasteiger partial charge in [-0.1, -0.05) is 30.3 Å². The van der Waals surface area contributed by atoms with Gasteiger partial charge in [-0.25, -0.2) is 0 Å². The minimum atomic E-state index is 0.226. The minimum Gasteiger partial charge on any atom is -0.353 e. The van der Waals surface area contributed by atoms with Gasteiger partial charge >= 0.3 is 0 Å². The maximum atomic E-state index is 11.7. The average Bonchev–Trinajstić information content (AvgIpc) is 3.32. The van der Waals surface area contributed by atoms with Gasteiger partial charge in [-0.15, -0.1) is 0 Å².